The van der Waals surface area contributed by atoms with E-state index in [2.05, 4.69) is 20.0 Å². The molecule has 0 saturated heterocycles. The Balaban J connectivity index is 2.32. The van der Waals surface area contributed by atoms with Gasteiger partial charge >= 0.3 is 0 Å². The summed E-state index contributed by atoms with van der Waals surface area (Å²) in [4.78, 5) is 7.48. The van der Waals surface area contributed by atoms with Crippen molar-refractivity contribution in [2.45, 2.75) is 11.8 Å². The number of benzene rings is 1. The molecule has 1 aromatic carbocycles. The fourth-order valence-electron chi connectivity index (χ4n) is 1.51. The summed E-state index contributed by atoms with van der Waals surface area (Å²) >= 11 is 0. The average molecular weight is 296 g/mol. The van der Waals surface area contributed by atoms with E-state index >= 15 is 0 Å². The van der Waals surface area contributed by atoms with Gasteiger partial charge in [0, 0.05) is 7.05 Å². The van der Waals surface area contributed by atoms with Crippen LogP contribution in [0.5, 0.6) is 0 Å². The van der Waals surface area contributed by atoms with Crippen LogP contribution in [0.4, 0.5) is 16.0 Å². The van der Waals surface area contributed by atoms with Crippen LogP contribution in [0.15, 0.2) is 35.5 Å². The van der Waals surface area contributed by atoms with Crippen molar-refractivity contribution in [2.75, 3.05) is 17.1 Å². The van der Waals surface area contributed by atoms with Crippen LogP contribution in [0.1, 0.15) is 5.56 Å². The van der Waals surface area contributed by atoms with Crippen LogP contribution in [-0.2, 0) is 10.0 Å². The molecule has 2 N–H and O–H groups in total. The molecule has 0 bridgehead atoms. The monoisotopic (exact) mass is 296 g/mol. The summed E-state index contributed by atoms with van der Waals surface area (Å²) in [6.45, 7) is 1.74. The van der Waals surface area contributed by atoms with Gasteiger partial charge in [-0.05, 0) is 24.6 Å². The Kier molecular flexibility index (Phi) is 3.84. The number of anilines is 2. The Morgan fingerprint density at radius 3 is 2.45 bits per heavy atom. The molecule has 1 heterocycles. The topological polar surface area (TPSA) is 84.0 Å². The van der Waals surface area contributed by atoms with Crippen LogP contribution in [0, 0.1) is 12.7 Å². The Morgan fingerprint density at radius 2 is 1.85 bits per heavy atom. The molecule has 0 aliphatic heterocycles. The summed E-state index contributed by atoms with van der Waals surface area (Å²) in [5.41, 5.74) is 0.633. The number of nitrogens with one attached hydrogen (secondary N) is 2. The van der Waals surface area contributed by atoms with Crippen LogP contribution in [-0.4, -0.2) is 25.4 Å². The van der Waals surface area contributed by atoms with Crippen molar-refractivity contribution in [1.82, 2.24) is 9.97 Å². The molecule has 0 spiro atoms. The predicted molar refractivity (Wildman–Crippen MR) is 73.5 cm³/mol. The molecule has 0 amide bonds. The highest BCUT2D eigenvalue weighted by molar-refractivity contribution is 7.92. The van der Waals surface area contributed by atoms with Gasteiger partial charge in [0.05, 0.1) is 18.1 Å². The van der Waals surface area contributed by atoms with Crippen molar-refractivity contribution in [2.24, 2.45) is 0 Å². The second-order valence-electron chi connectivity index (χ2n) is 4.08. The third-order valence-electron chi connectivity index (χ3n) is 2.53. The van der Waals surface area contributed by atoms with E-state index in [0.717, 1.165) is 18.0 Å². The van der Waals surface area contributed by atoms with Gasteiger partial charge < -0.3 is 5.32 Å². The highest BCUT2D eigenvalue weighted by Gasteiger charge is 2.17. The van der Waals surface area contributed by atoms with E-state index in [1.807, 2.05) is 0 Å². The van der Waals surface area contributed by atoms with Crippen LogP contribution >= 0.6 is 0 Å². The van der Waals surface area contributed by atoms with E-state index in [0.29, 0.717) is 5.95 Å². The molecule has 0 atom stereocenters. The molecule has 20 heavy (non-hydrogen) atoms. The Hall–Kier alpha value is -2.22. The molecular formula is C12H13FN4O2S. The van der Waals surface area contributed by atoms with E-state index < -0.39 is 15.8 Å². The lowest BCUT2D eigenvalue weighted by Gasteiger charge is -2.09. The molecule has 8 heteroatoms. The van der Waals surface area contributed by atoms with E-state index in [-0.39, 0.29) is 10.6 Å². The maximum atomic E-state index is 13.6. The predicted octanol–water partition coefficient (Wildman–Crippen LogP) is 1.77. The molecular weight excluding hydrogens is 283 g/mol. The van der Waals surface area contributed by atoms with Crippen LogP contribution in [0.2, 0.25) is 0 Å². The number of aromatic nitrogens is 2. The van der Waals surface area contributed by atoms with E-state index in [4.69, 9.17) is 0 Å². The van der Waals surface area contributed by atoms with Gasteiger partial charge in [0.25, 0.3) is 10.0 Å². The highest BCUT2D eigenvalue weighted by atomic mass is 32.2. The lowest BCUT2D eigenvalue weighted by Crippen LogP contribution is -2.15. The molecule has 6 nitrogen and oxygen atoms in total. The van der Waals surface area contributed by atoms with Gasteiger partial charge in [-0.2, -0.15) is 0 Å². The second kappa shape index (κ2) is 5.41. The summed E-state index contributed by atoms with van der Waals surface area (Å²) < 4.78 is 39.9. The van der Waals surface area contributed by atoms with Crippen molar-refractivity contribution in [3.8, 4) is 0 Å². The van der Waals surface area contributed by atoms with Gasteiger partial charge in [0.2, 0.25) is 5.95 Å². The first kappa shape index (κ1) is 14.2. The van der Waals surface area contributed by atoms with Gasteiger partial charge in [-0.15, -0.1) is 0 Å². The molecule has 106 valence electrons. The molecule has 2 rings (SSSR count). The maximum absolute atomic E-state index is 13.6. The summed E-state index contributed by atoms with van der Waals surface area (Å²) in [5.74, 6) is -0.349. The lowest BCUT2D eigenvalue weighted by molar-refractivity contribution is 0.597. The third-order valence-corrected chi connectivity index (χ3v) is 3.85. The Labute approximate surface area is 116 Å². The van der Waals surface area contributed by atoms with Crippen molar-refractivity contribution < 1.29 is 12.8 Å². The molecule has 1 aromatic heterocycles. The van der Waals surface area contributed by atoms with Gasteiger partial charge in [-0.25, -0.2) is 22.8 Å². The fourth-order valence-corrected chi connectivity index (χ4v) is 2.45. The Bertz CT molecular complexity index is 717. The minimum Gasteiger partial charge on any atom is -0.357 e. The third kappa shape index (κ3) is 3.02. The van der Waals surface area contributed by atoms with Crippen LogP contribution < -0.4 is 10.0 Å². The minimum atomic E-state index is -3.92. The quantitative estimate of drug-likeness (QED) is 0.898. The number of sulfonamides is 1. The molecule has 0 radical (unpaired) electrons. The first-order valence-corrected chi connectivity index (χ1v) is 7.19. The summed E-state index contributed by atoms with van der Waals surface area (Å²) in [6.07, 6.45) is 2.30. The molecule has 0 fully saturated rings. The number of rotatable bonds is 4. The van der Waals surface area contributed by atoms with Gasteiger partial charge in [0.1, 0.15) is 10.7 Å². The first-order chi connectivity index (χ1) is 9.42. The smallest absolute Gasteiger partial charge is 0.265 e. The van der Waals surface area contributed by atoms with Crippen molar-refractivity contribution in [3.63, 3.8) is 0 Å². The minimum absolute atomic E-state index is 0.109. The number of nitrogens with zero attached hydrogens (tertiary/aromatic N) is 2. The summed E-state index contributed by atoms with van der Waals surface area (Å²) in [7, 11) is -2.31. The van der Waals surface area contributed by atoms with Crippen LogP contribution in [0.25, 0.3) is 0 Å². The standard InChI is InChI=1S/C12H13FN4O2S/c1-8-3-4-10(13)11(5-8)17-20(18,19)9-6-15-12(14-2)16-7-9/h3-7,17H,1-2H3,(H,14,15,16). The van der Waals surface area contributed by atoms with E-state index in [9.17, 15) is 12.8 Å². The molecule has 0 unspecified atom stereocenters. The maximum Gasteiger partial charge on any atom is 0.265 e. The largest absolute Gasteiger partial charge is 0.357 e. The molecule has 2 aromatic rings. The normalized spacial score (nSPS) is 11.2. The zero-order chi connectivity index (χ0) is 14.8. The SMILES string of the molecule is CNc1ncc(S(=O)(=O)Nc2cc(C)ccc2F)cn1. The molecule has 0 aliphatic carbocycles. The second-order valence-corrected chi connectivity index (χ2v) is 5.76. The molecule has 0 aliphatic rings. The van der Waals surface area contributed by atoms with Crippen molar-refractivity contribution in [1.29, 1.82) is 0 Å². The van der Waals surface area contributed by atoms with Gasteiger partial charge in [-0.3, -0.25) is 4.72 Å². The zero-order valence-electron chi connectivity index (χ0n) is 10.9. The lowest BCUT2D eigenvalue weighted by atomic mass is 10.2. The first-order valence-electron chi connectivity index (χ1n) is 5.71. The summed E-state index contributed by atoms with van der Waals surface area (Å²) in [5, 5.41) is 2.67. The highest BCUT2D eigenvalue weighted by Crippen LogP contribution is 2.20. The number of aryl methyl sites for hydroxylation is 1. The fraction of sp³-hybridized carbons (Fsp3) is 0.167. The van der Waals surface area contributed by atoms with E-state index in [1.54, 1.807) is 20.0 Å². The average Bonchev–Trinajstić information content (AvgIpc) is 2.43. The van der Waals surface area contributed by atoms with Crippen LogP contribution in [0.3, 0.4) is 0 Å². The molecule has 0 saturated carbocycles. The van der Waals surface area contributed by atoms with Crippen molar-refractivity contribution in [3.05, 3.63) is 42.0 Å². The van der Waals surface area contributed by atoms with Gasteiger partial charge in [-0.1, -0.05) is 6.07 Å². The summed E-state index contributed by atoms with van der Waals surface area (Å²) in [6, 6.07) is 4.17. The number of hydrogen-bond donors (Lipinski definition) is 2. The van der Waals surface area contributed by atoms with Gasteiger partial charge in [0.15, 0.2) is 0 Å². The number of hydrogen-bond acceptors (Lipinski definition) is 5. The van der Waals surface area contributed by atoms with Crippen molar-refractivity contribution >= 4 is 21.7 Å². The number of halogens is 1. The van der Waals surface area contributed by atoms with E-state index in [1.165, 1.54) is 12.1 Å². The zero-order valence-corrected chi connectivity index (χ0v) is 11.7. The Morgan fingerprint density at radius 1 is 1.20 bits per heavy atom.